The fourth-order valence-corrected chi connectivity index (χ4v) is 3.86. The van der Waals surface area contributed by atoms with Crippen molar-refractivity contribution in [2.75, 3.05) is 40.5 Å². The number of ether oxygens (including phenoxy) is 2. The predicted molar refractivity (Wildman–Crippen MR) is 120 cm³/mol. The molecule has 159 valence electrons. The van der Waals surface area contributed by atoms with Gasteiger partial charge in [0.15, 0.2) is 0 Å². The summed E-state index contributed by atoms with van der Waals surface area (Å²) >= 11 is 0. The predicted octanol–water partition coefficient (Wildman–Crippen LogP) is 4.49. The van der Waals surface area contributed by atoms with E-state index in [1.54, 1.807) is 27.9 Å². The molecule has 0 amide bonds. The molecule has 0 unspecified atom stereocenters. The smallest absolute Gasteiger partial charge is 0.398 e. The van der Waals surface area contributed by atoms with E-state index >= 15 is 4.39 Å². The first-order valence-electron chi connectivity index (χ1n) is 10.4. The number of methoxy groups -OCH3 is 1. The number of benzene rings is 2. The van der Waals surface area contributed by atoms with Crippen molar-refractivity contribution in [3.8, 4) is 11.1 Å². The van der Waals surface area contributed by atoms with E-state index in [2.05, 4.69) is 10.9 Å². The van der Waals surface area contributed by atoms with Crippen LogP contribution >= 0.6 is 0 Å². The largest absolute Gasteiger partial charge is 0.427 e. The number of halogens is 1. The molecule has 1 fully saturated rings. The number of hydrogen-bond donors (Lipinski definition) is 0. The third-order valence-electron chi connectivity index (χ3n) is 5.25. The molecule has 0 aromatic heterocycles. The molecule has 1 aliphatic heterocycles. The molecule has 1 saturated heterocycles. The Morgan fingerprint density at radius 3 is 2.87 bits per heavy atom. The SMILES string of the molecule is CO[B]N1CCO[C@@H](C(=CCCCOC)c2cccc(F)c2-c2cccc(C)c2)C1. The summed E-state index contributed by atoms with van der Waals surface area (Å²) in [7, 11) is 5.08. The van der Waals surface area contributed by atoms with Gasteiger partial charge in [-0.2, -0.15) is 0 Å². The second kappa shape index (κ2) is 11.4. The topological polar surface area (TPSA) is 30.9 Å². The Labute approximate surface area is 179 Å². The number of hydrogen-bond acceptors (Lipinski definition) is 4. The van der Waals surface area contributed by atoms with Gasteiger partial charge in [0.1, 0.15) is 5.82 Å². The van der Waals surface area contributed by atoms with Crippen LogP contribution in [0.2, 0.25) is 0 Å². The van der Waals surface area contributed by atoms with Crippen molar-refractivity contribution < 1.29 is 18.5 Å². The summed E-state index contributed by atoms with van der Waals surface area (Å²) in [5, 5.41) is 0. The quantitative estimate of drug-likeness (QED) is 0.450. The standard InChI is InChI=1S/C24H30BFNO3/c1-18-8-6-9-19(16-18)24-21(11-7-12-22(24)26)20(10-4-5-14-28-2)23-17-27(25-29-3)13-15-30-23/h6-12,16,23H,4-5,13-15,17H2,1-3H3/t23-/m1/s1. The van der Waals surface area contributed by atoms with Gasteiger partial charge in [0.05, 0.1) is 12.7 Å². The minimum Gasteiger partial charge on any atom is -0.427 e. The van der Waals surface area contributed by atoms with Crippen molar-refractivity contribution >= 4 is 13.2 Å². The van der Waals surface area contributed by atoms with Crippen LogP contribution in [0, 0.1) is 12.7 Å². The van der Waals surface area contributed by atoms with Gasteiger partial charge in [0.25, 0.3) is 0 Å². The van der Waals surface area contributed by atoms with Crippen LogP contribution in [0.1, 0.15) is 24.0 Å². The van der Waals surface area contributed by atoms with E-state index in [1.165, 1.54) is 6.07 Å². The lowest BCUT2D eigenvalue weighted by atomic mass is 9.89. The van der Waals surface area contributed by atoms with Crippen molar-refractivity contribution in [1.29, 1.82) is 0 Å². The molecule has 2 aromatic carbocycles. The van der Waals surface area contributed by atoms with Gasteiger partial charge in [-0.05, 0) is 42.5 Å². The summed E-state index contributed by atoms with van der Waals surface area (Å²) in [6.07, 6.45) is 3.74. The fourth-order valence-electron chi connectivity index (χ4n) is 3.86. The third kappa shape index (κ3) is 5.79. The van der Waals surface area contributed by atoms with Gasteiger partial charge in [-0.15, -0.1) is 0 Å². The van der Waals surface area contributed by atoms with Crippen molar-refractivity contribution in [2.24, 2.45) is 0 Å². The molecule has 1 radical (unpaired) electrons. The molecule has 0 spiro atoms. The van der Waals surface area contributed by atoms with Gasteiger partial charge in [0.2, 0.25) is 0 Å². The zero-order valence-electron chi connectivity index (χ0n) is 18.1. The van der Waals surface area contributed by atoms with E-state index in [4.69, 9.17) is 14.1 Å². The zero-order valence-corrected chi connectivity index (χ0v) is 18.1. The highest BCUT2D eigenvalue weighted by Crippen LogP contribution is 2.35. The number of unbranched alkanes of at least 4 members (excludes halogenated alkanes) is 1. The monoisotopic (exact) mass is 410 g/mol. The molecule has 3 rings (SSSR count). The molecule has 1 atom stereocenters. The fraction of sp³-hybridized carbons (Fsp3) is 0.417. The van der Waals surface area contributed by atoms with Crippen LogP contribution in [-0.2, 0) is 14.1 Å². The van der Waals surface area contributed by atoms with Gasteiger partial charge in [-0.3, -0.25) is 0 Å². The molecule has 0 aliphatic carbocycles. The average molecular weight is 410 g/mol. The molecule has 0 saturated carbocycles. The summed E-state index contributed by atoms with van der Waals surface area (Å²) in [6, 6.07) is 13.3. The minimum atomic E-state index is -0.225. The second-order valence-electron chi connectivity index (χ2n) is 7.52. The third-order valence-corrected chi connectivity index (χ3v) is 5.25. The summed E-state index contributed by atoms with van der Waals surface area (Å²) in [5.74, 6) is -0.225. The molecular weight excluding hydrogens is 380 g/mol. The number of aryl methyl sites for hydroxylation is 1. The van der Waals surface area contributed by atoms with E-state index in [0.29, 0.717) is 25.3 Å². The highest BCUT2D eigenvalue weighted by atomic mass is 19.1. The van der Waals surface area contributed by atoms with Crippen molar-refractivity contribution in [1.82, 2.24) is 4.81 Å². The van der Waals surface area contributed by atoms with Crippen LogP contribution in [-0.4, -0.2) is 59.1 Å². The summed E-state index contributed by atoms with van der Waals surface area (Å²) < 4.78 is 31.7. The van der Waals surface area contributed by atoms with E-state index in [0.717, 1.165) is 41.6 Å². The van der Waals surface area contributed by atoms with Crippen LogP contribution in [0.3, 0.4) is 0 Å². The molecule has 1 heterocycles. The number of morpholine rings is 1. The zero-order chi connectivity index (χ0) is 21.3. The molecule has 30 heavy (non-hydrogen) atoms. The lowest BCUT2D eigenvalue weighted by molar-refractivity contribution is 0.0273. The summed E-state index contributed by atoms with van der Waals surface area (Å²) in [4.78, 5) is 2.10. The Bertz CT molecular complexity index is 856. The molecule has 2 aromatic rings. The first-order chi connectivity index (χ1) is 14.6. The van der Waals surface area contributed by atoms with E-state index in [1.807, 2.05) is 37.3 Å². The Hall–Kier alpha value is -1.99. The first-order valence-corrected chi connectivity index (χ1v) is 10.4. The van der Waals surface area contributed by atoms with Crippen molar-refractivity contribution in [2.45, 2.75) is 25.9 Å². The normalized spacial score (nSPS) is 17.9. The molecule has 4 nitrogen and oxygen atoms in total. The maximum atomic E-state index is 15.1. The maximum Gasteiger partial charge on any atom is 0.398 e. The Morgan fingerprint density at radius 2 is 2.10 bits per heavy atom. The molecule has 1 aliphatic rings. The Kier molecular flexibility index (Phi) is 8.64. The molecule has 0 N–H and O–H groups in total. The highest BCUT2D eigenvalue weighted by Gasteiger charge is 2.27. The van der Waals surface area contributed by atoms with Crippen molar-refractivity contribution in [3.63, 3.8) is 0 Å². The highest BCUT2D eigenvalue weighted by molar-refractivity contribution is 6.23. The lowest BCUT2D eigenvalue weighted by Gasteiger charge is -2.34. The summed E-state index contributed by atoms with van der Waals surface area (Å²) in [5.41, 5.74) is 4.48. The van der Waals surface area contributed by atoms with Crippen LogP contribution in [0.5, 0.6) is 0 Å². The summed E-state index contributed by atoms with van der Waals surface area (Å²) in [6.45, 7) is 4.74. The van der Waals surface area contributed by atoms with Crippen LogP contribution in [0.25, 0.3) is 16.7 Å². The van der Waals surface area contributed by atoms with Crippen LogP contribution in [0.4, 0.5) is 4.39 Å². The number of rotatable bonds is 9. The number of nitrogens with zero attached hydrogens (tertiary/aromatic N) is 1. The average Bonchev–Trinajstić information content (AvgIpc) is 2.74. The van der Waals surface area contributed by atoms with E-state index in [9.17, 15) is 0 Å². The lowest BCUT2D eigenvalue weighted by Crippen LogP contribution is -2.45. The number of allylic oxidation sites excluding steroid dienone is 1. The van der Waals surface area contributed by atoms with Crippen molar-refractivity contribution in [3.05, 3.63) is 65.5 Å². The second-order valence-corrected chi connectivity index (χ2v) is 7.52. The first kappa shape index (κ1) is 22.7. The van der Waals surface area contributed by atoms with Gasteiger partial charge >= 0.3 is 7.62 Å². The minimum absolute atomic E-state index is 0.168. The van der Waals surface area contributed by atoms with Gasteiger partial charge in [0, 0.05) is 39.5 Å². The molecule has 6 heteroatoms. The Balaban J connectivity index is 2.02. The van der Waals surface area contributed by atoms with Gasteiger partial charge in [-0.1, -0.05) is 48.0 Å². The van der Waals surface area contributed by atoms with Gasteiger partial charge in [-0.25, -0.2) is 4.39 Å². The van der Waals surface area contributed by atoms with Gasteiger partial charge < -0.3 is 18.9 Å². The van der Waals surface area contributed by atoms with E-state index in [-0.39, 0.29) is 11.9 Å². The Morgan fingerprint density at radius 1 is 1.27 bits per heavy atom. The molecular formula is C24H30BFNO3. The van der Waals surface area contributed by atoms with Crippen LogP contribution in [0.15, 0.2) is 48.5 Å². The maximum absolute atomic E-state index is 15.1. The van der Waals surface area contributed by atoms with E-state index < -0.39 is 0 Å². The van der Waals surface area contributed by atoms with Crippen LogP contribution < -0.4 is 0 Å². The molecule has 0 bridgehead atoms.